The molecule has 2 rings (SSSR count). The Kier molecular flexibility index (Phi) is 2.31. The minimum Gasteiger partial charge on any atom is -0.481 e. The normalized spacial score (nSPS) is 32.0. The predicted molar refractivity (Wildman–Crippen MR) is 54.4 cm³/mol. The second-order valence-electron chi connectivity index (χ2n) is 4.23. The van der Waals surface area contributed by atoms with Gasteiger partial charge in [-0.25, -0.2) is 0 Å². The van der Waals surface area contributed by atoms with Crippen molar-refractivity contribution in [2.75, 3.05) is 13.6 Å². The van der Waals surface area contributed by atoms with Gasteiger partial charge in [0.25, 0.3) is 0 Å². The van der Waals surface area contributed by atoms with Crippen molar-refractivity contribution >= 4 is 5.97 Å². The van der Waals surface area contributed by atoms with E-state index < -0.39 is 17.4 Å². The lowest BCUT2D eigenvalue weighted by molar-refractivity contribution is -0.145. The van der Waals surface area contributed by atoms with E-state index >= 15 is 0 Å². The minimum atomic E-state index is -0.752. The largest absolute Gasteiger partial charge is 0.481 e. The molecule has 4 nitrogen and oxygen atoms in total. The Bertz CT molecular complexity index is 360. The third-order valence-electron chi connectivity index (χ3n) is 3.54. The lowest BCUT2D eigenvalue weighted by Gasteiger charge is -2.33. The molecule has 0 bridgehead atoms. The summed E-state index contributed by atoms with van der Waals surface area (Å²) < 4.78 is 5.37. The first kappa shape index (κ1) is 10.2. The maximum absolute atomic E-state index is 11.2. The number of carboxylic acids is 1. The zero-order valence-electron chi connectivity index (χ0n) is 8.93. The third kappa shape index (κ3) is 1.36. The van der Waals surface area contributed by atoms with Crippen molar-refractivity contribution in [2.24, 2.45) is 5.92 Å². The Morgan fingerprint density at radius 1 is 1.73 bits per heavy atom. The second kappa shape index (κ2) is 3.38. The first-order valence-corrected chi connectivity index (χ1v) is 5.05. The minimum absolute atomic E-state index is 0.395. The molecule has 2 unspecified atom stereocenters. The summed E-state index contributed by atoms with van der Waals surface area (Å²) in [4.78, 5) is 13.2. The van der Waals surface area contributed by atoms with Crippen LogP contribution in [0.4, 0.5) is 0 Å². The molecule has 0 amide bonds. The van der Waals surface area contributed by atoms with Crippen LogP contribution in [-0.4, -0.2) is 29.6 Å². The standard InChI is InChI=1S/C11H15NO3/c1-11(9-4-3-7-15-9)8(10(13)14)5-6-12(11)2/h3-4,7-8H,5-6H2,1-2H3,(H,13,14). The van der Waals surface area contributed by atoms with Crippen LogP contribution in [0, 0.1) is 5.92 Å². The van der Waals surface area contributed by atoms with Crippen LogP contribution >= 0.6 is 0 Å². The topological polar surface area (TPSA) is 53.7 Å². The zero-order chi connectivity index (χ0) is 11.1. The molecule has 82 valence electrons. The summed E-state index contributed by atoms with van der Waals surface area (Å²) in [5.74, 6) is -0.415. The fourth-order valence-corrected chi connectivity index (χ4v) is 2.39. The van der Waals surface area contributed by atoms with E-state index in [1.54, 1.807) is 12.3 Å². The van der Waals surface area contributed by atoms with Gasteiger partial charge < -0.3 is 9.52 Å². The molecule has 0 aromatic carbocycles. The number of hydrogen-bond acceptors (Lipinski definition) is 3. The third-order valence-corrected chi connectivity index (χ3v) is 3.54. The highest BCUT2D eigenvalue weighted by molar-refractivity contribution is 5.72. The molecule has 2 atom stereocenters. The van der Waals surface area contributed by atoms with E-state index in [1.165, 1.54) is 0 Å². The van der Waals surface area contributed by atoms with Crippen molar-refractivity contribution < 1.29 is 14.3 Å². The first-order valence-electron chi connectivity index (χ1n) is 5.05. The SMILES string of the molecule is CN1CCC(C(=O)O)C1(C)c1ccco1. The van der Waals surface area contributed by atoms with E-state index in [-0.39, 0.29) is 0 Å². The predicted octanol–water partition coefficient (Wildman–Crippen LogP) is 1.53. The maximum Gasteiger partial charge on any atom is 0.308 e. The van der Waals surface area contributed by atoms with Crippen LogP contribution in [0.25, 0.3) is 0 Å². The number of carboxylic acid groups (broad SMARTS) is 1. The number of rotatable bonds is 2. The van der Waals surface area contributed by atoms with Crippen LogP contribution < -0.4 is 0 Å². The van der Waals surface area contributed by atoms with E-state index in [1.807, 2.05) is 24.9 Å². The van der Waals surface area contributed by atoms with Gasteiger partial charge in [-0.2, -0.15) is 0 Å². The Labute approximate surface area is 88.5 Å². The molecule has 0 spiro atoms. The van der Waals surface area contributed by atoms with Crippen LogP contribution in [0.15, 0.2) is 22.8 Å². The monoisotopic (exact) mass is 209 g/mol. The Balaban J connectivity index is 2.42. The molecule has 1 aliphatic rings. The molecule has 15 heavy (non-hydrogen) atoms. The van der Waals surface area contributed by atoms with E-state index in [4.69, 9.17) is 4.42 Å². The van der Waals surface area contributed by atoms with Gasteiger partial charge in [-0.15, -0.1) is 0 Å². The molecule has 1 aliphatic heterocycles. The summed E-state index contributed by atoms with van der Waals surface area (Å²) in [6.45, 7) is 2.71. The molecule has 4 heteroatoms. The molecule has 1 saturated heterocycles. The lowest BCUT2D eigenvalue weighted by Crippen LogP contribution is -2.42. The van der Waals surface area contributed by atoms with Crippen molar-refractivity contribution in [3.63, 3.8) is 0 Å². The van der Waals surface area contributed by atoms with Crippen LogP contribution in [0.1, 0.15) is 19.1 Å². The van der Waals surface area contributed by atoms with Gasteiger partial charge in [0, 0.05) is 0 Å². The highest BCUT2D eigenvalue weighted by atomic mass is 16.4. The quantitative estimate of drug-likeness (QED) is 0.802. The van der Waals surface area contributed by atoms with E-state index in [0.29, 0.717) is 6.42 Å². The van der Waals surface area contributed by atoms with E-state index in [9.17, 15) is 9.90 Å². The molecule has 2 heterocycles. The summed E-state index contributed by atoms with van der Waals surface area (Å²) in [5, 5.41) is 9.20. The van der Waals surface area contributed by atoms with E-state index in [2.05, 4.69) is 0 Å². The molecule has 0 radical (unpaired) electrons. The van der Waals surface area contributed by atoms with Gasteiger partial charge in [0.2, 0.25) is 0 Å². The van der Waals surface area contributed by atoms with Gasteiger partial charge in [-0.05, 0) is 39.1 Å². The highest BCUT2D eigenvalue weighted by Gasteiger charge is 2.50. The van der Waals surface area contributed by atoms with Crippen LogP contribution in [0.3, 0.4) is 0 Å². The number of carbonyl (C=O) groups is 1. The van der Waals surface area contributed by atoms with Crippen molar-refractivity contribution in [1.29, 1.82) is 0 Å². The second-order valence-corrected chi connectivity index (χ2v) is 4.23. The summed E-state index contributed by atoms with van der Waals surface area (Å²) >= 11 is 0. The van der Waals surface area contributed by atoms with Gasteiger partial charge in [-0.3, -0.25) is 9.69 Å². The summed E-state index contributed by atoms with van der Waals surface area (Å²) in [6, 6.07) is 3.64. The van der Waals surface area contributed by atoms with Crippen molar-refractivity contribution in [3.8, 4) is 0 Å². The molecule has 1 aromatic rings. The number of aliphatic carboxylic acids is 1. The van der Waals surface area contributed by atoms with Crippen molar-refractivity contribution in [1.82, 2.24) is 4.90 Å². The first-order chi connectivity index (χ1) is 7.06. The van der Waals surface area contributed by atoms with Crippen LogP contribution in [-0.2, 0) is 10.3 Å². The molecule has 0 aliphatic carbocycles. The van der Waals surface area contributed by atoms with Gasteiger partial charge in [0.1, 0.15) is 5.76 Å². The zero-order valence-corrected chi connectivity index (χ0v) is 8.93. The van der Waals surface area contributed by atoms with Gasteiger partial charge in [0.05, 0.1) is 17.7 Å². The Morgan fingerprint density at radius 3 is 3.00 bits per heavy atom. The average Bonchev–Trinajstić information content (AvgIpc) is 2.76. The molecular weight excluding hydrogens is 194 g/mol. The fourth-order valence-electron chi connectivity index (χ4n) is 2.39. The van der Waals surface area contributed by atoms with Gasteiger partial charge >= 0.3 is 5.97 Å². The lowest BCUT2D eigenvalue weighted by atomic mass is 9.84. The fraction of sp³-hybridized carbons (Fsp3) is 0.545. The number of likely N-dealkylation sites (tertiary alicyclic amines) is 1. The smallest absolute Gasteiger partial charge is 0.308 e. The molecule has 1 aromatic heterocycles. The average molecular weight is 209 g/mol. The maximum atomic E-state index is 11.2. The van der Waals surface area contributed by atoms with Crippen LogP contribution in [0.5, 0.6) is 0 Å². The summed E-state index contributed by atoms with van der Waals surface area (Å²) in [6.07, 6.45) is 2.26. The van der Waals surface area contributed by atoms with Gasteiger partial charge in [-0.1, -0.05) is 0 Å². The number of nitrogens with zero attached hydrogens (tertiary/aromatic N) is 1. The molecule has 0 saturated carbocycles. The number of furan rings is 1. The number of hydrogen-bond donors (Lipinski definition) is 1. The van der Waals surface area contributed by atoms with Crippen molar-refractivity contribution in [2.45, 2.75) is 18.9 Å². The van der Waals surface area contributed by atoms with Gasteiger partial charge in [0.15, 0.2) is 0 Å². The summed E-state index contributed by atoms with van der Waals surface area (Å²) in [7, 11) is 1.94. The van der Waals surface area contributed by atoms with Crippen LogP contribution in [0.2, 0.25) is 0 Å². The molecule has 1 fully saturated rings. The molecular formula is C11H15NO3. The Hall–Kier alpha value is -1.29. The molecule has 1 N–H and O–H groups in total. The van der Waals surface area contributed by atoms with E-state index in [0.717, 1.165) is 12.3 Å². The van der Waals surface area contributed by atoms with Crippen molar-refractivity contribution in [3.05, 3.63) is 24.2 Å². The highest BCUT2D eigenvalue weighted by Crippen LogP contribution is 2.42. The Morgan fingerprint density at radius 2 is 2.47 bits per heavy atom. The summed E-state index contributed by atoms with van der Waals surface area (Å²) in [5.41, 5.74) is -0.519.